The number of alkyl halides is 1. The second-order valence-corrected chi connectivity index (χ2v) is 7.82. The first-order valence-electron chi connectivity index (χ1n) is 5.84. The van der Waals surface area contributed by atoms with Crippen molar-refractivity contribution in [2.24, 2.45) is 0 Å². The molecule has 0 unspecified atom stereocenters. The molecule has 19 heavy (non-hydrogen) atoms. The normalized spacial score (nSPS) is 12.2. The quantitative estimate of drug-likeness (QED) is 0.848. The summed E-state index contributed by atoms with van der Waals surface area (Å²) in [6, 6.07) is 7.17. The van der Waals surface area contributed by atoms with Crippen LogP contribution in [0.15, 0.2) is 24.3 Å². The summed E-state index contributed by atoms with van der Waals surface area (Å²) in [4.78, 5) is 12.0. The van der Waals surface area contributed by atoms with Crippen LogP contribution in [0.4, 0.5) is 5.69 Å². The average molecular weight is 304 g/mol. The van der Waals surface area contributed by atoms with E-state index in [2.05, 4.69) is 5.32 Å². The van der Waals surface area contributed by atoms with Crippen molar-refractivity contribution in [2.45, 2.75) is 25.0 Å². The molecule has 0 heterocycles. The summed E-state index contributed by atoms with van der Waals surface area (Å²) in [5.74, 6) is -0.00704. The van der Waals surface area contributed by atoms with Crippen LogP contribution in [-0.4, -0.2) is 31.2 Å². The second-order valence-electron chi connectivity index (χ2n) is 4.87. The zero-order chi connectivity index (χ0) is 14.7. The fraction of sp³-hybridized carbons (Fsp3) is 0.462. The lowest BCUT2D eigenvalue weighted by Gasteiger charge is -2.21. The minimum absolute atomic E-state index is 0.535. The molecule has 0 atom stereocenters. The maximum absolute atomic E-state index is 12.0. The van der Waals surface area contributed by atoms with Crippen LogP contribution in [0.2, 0.25) is 0 Å². The molecule has 4 nitrogen and oxygen atoms in total. The summed E-state index contributed by atoms with van der Waals surface area (Å²) in [6.07, 6.45) is 1.81. The number of carbonyl (C=O) groups excluding carboxylic acids is 1. The lowest BCUT2D eigenvalue weighted by Crippen LogP contribution is -2.43. The molecule has 0 radical (unpaired) electrons. The van der Waals surface area contributed by atoms with Gasteiger partial charge in [-0.15, -0.1) is 11.6 Å². The van der Waals surface area contributed by atoms with Crippen molar-refractivity contribution >= 4 is 33.0 Å². The molecule has 1 aromatic carbocycles. The van der Waals surface area contributed by atoms with Crippen LogP contribution in [0.1, 0.15) is 19.4 Å². The van der Waals surface area contributed by atoms with Gasteiger partial charge in [0.1, 0.15) is 4.75 Å². The number of benzene rings is 1. The van der Waals surface area contributed by atoms with Crippen LogP contribution in [0.3, 0.4) is 0 Å². The van der Waals surface area contributed by atoms with Crippen LogP contribution in [0.25, 0.3) is 0 Å². The Balaban J connectivity index is 2.83. The van der Waals surface area contributed by atoms with E-state index in [1.54, 1.807) is 12.1 Å². The summed E-state index contributed by atoms with van der Waals surface area (Å²) in [6.45, 7) is 2.78. The van der Waals surface area contributed by atoms with Gasteiger partial charge >= 0.3 is 0 Å². The molecule has 0 aliphatic heterocycles. The summed E-state index contributed by atoms with van der Waals surface area (Å²) in [7, 11) is -3.47. The van der Waals surface area contributed by atoms with Gasteiger partial charge < -0.3 is 5.32 Å². The number of sulfone groups is 1. The SMILES string of the molecule is CC(C)(C(=O)Nc1ccc(CCCl)cc1)S(C)(=O)=O. The molecule has 0 saturated carbocycles. The van der Waals surface area contributed by atoms with Gasteiger partial charge in [-0.2, -0.15) is 0 Å². The van der Waals surface area contributed by atoms with E-state index in [0.717, 1.165) is 18.2 Å². The molecular weight excluding hydrogens is 286 g/mol. The van der Waals surface area contributed by atoms with Gasteiger partial charge in [-0.25, -0.2) is 8.42 Å². The number of anilines is 1. The second kappa shape index (κ2) is 5.92. The van der Waals surface area contributed by atoms with E-state index in [1.807, 2.05) is 12.1 Å². The van der Waals surface area contributed by atoms with Crippen LogP contribution < -0.4 is 5.32 Å². The molecule has 0 fully saturated rings. The van der Waals surface area contributed by atoms with Gasteiger partial charge in [-0.1, -0.05) is 12.1 Å². The molecule has 106 valence electrons. The highest BCUT2D eigenvalue weighted by Gasteiger charge is 2.38. The Hall–Kier alpha value is -1.07. The Kier molecular flexibility index (Phi) is 4.98. The molecular formula is C13H18ClNO3S. The number of hydrogen-bond donors (Lipinski definition) is 1. The number of aryl methyl sites for hydroxylation is 1. The fourth-order valence-corrected chi connectivity index (χ4v) is 1.92. The lowest BCUT2D eigenvalue weighted by molar-refractivity contribution is -0.117. The Morgan fingerprint density at radius 3 is 2.21 bits per heavy atom. The minimum atomic E-state index is -3.47. The number of amides is 1. The standard InChI is InChI=1S/C13H18ClNO3S/c1-13(2,19(3,17)18)12(16)15-11-6-4-10(5-7-11)8-9-14/h4-7H,8-9H2,1-3H3,(H,15,16). The largest absolute Gasteiger partial charge is 0.325 e. The predicted molar refractivity (Wildman–Crippen MR) is 78.4 cm³/mol. The van der Waals surface area contributed by atoms with Crippen molar-refractivity contribution in [3.05, 3.63) is 29.8 Å². The van der Waals surface area contributed by atoms with Crippen molar-refractivity contribution in [1.29, 1.82) is 0 Å². The summed E-state index contributed by atoms with van der Waals surface area (Å²) >= 11 is 5.63. The number of rotatable bonds is 5. The lowest BCUT2D eigenvalue weighted by atomic mass is 10.1. The summed E-state index contributed by atoms with van der Waals surface area (Å²) < 4.78 is 21.6. The van der Waals surface area contributed by atoms with Crippen molar-refractivity contribution < 1.29 is 13.2 Å². The zero-order valence-corrected chi connectivity index (χ0v) is 12.8. The van der Waals surface area contributed by atoms with Gasteiger partial charge in [0.15, 0.2) is 9.84 Å². The van der Waals surface area contributed by atoms with E-state index >= 15 is 0 Å². The molecule has 0 aliphatic rings. The molecule has 0 bridgehead atoms. The van der Waals surface area contributed by atoms with Crippen LogP contribution in [-0.2, 0) is 21.1 Å². The maximum atomic E-state index is 12.0. The van der Waals surface area contributed by atoms with Crippen LogP contribution >= 0.6 is 11.6 Å². The number of carbonyl (C=O) groups is 1. The van der Waals surface area contributed by atoms with E-state index < -0.39 is 20.5 Å². The van der Waals surface area contributed by atoms with Crippen LogP contribution in [0.5, 0.6) is 0 Å². The molecule has 1 rings (SSSR count). The molecule has 0 spiro atoms. The third kappa shape index (κ3) is 3.94. The van der Waals surface area contributed by atoms with Crippen molar-refractivity contribution in [3.63, 3.8) is 0 Å². The number of hydrogen-bond acceptors (Lipinski definition) is 3. The highest BCUT2D eigenvalue weighted by molar-refractivity contribution is 7.92. The fourth-order valence-electron chi connectivity index (χ4n) is 1.31. The average Bonchev–Trinajstić information content (AvgIpc) is 2.30. The van der Waals surface area contributed by atoms with E-state index in [1.165, 1.54) is 13.8 Å². The number of halogens is 1. The first-order chi connectivity index (χ1) is 8.68. The van der Waals surface area contributed by atoms with Gasteiger partial charge in [0.25, 0.3) is 0 Å². The van der Waals surface area contributed by atoms with Crippen LogP contribution in [0, 0.1) is 0 Å². The van der Waals surface area contributed by atoms with Crippen molar-refractivity contribution in [1.82, 2.24) is 0 Å². The number of nitrogens with one attached hydrogen (secondary N) is 1. The topological polar surface area (TPSA) is 63.2 Å². The predicted octanol–water partition coefficient (Wildman–Crippen LogP) is 2.23. The molecule has 1 amide bonds. The van der Waals surface area contributed by atoms with Gasteiger partial charge in [0.05, 0.1) is 0 Å². The van der Waals surface area contributed by atoms with Gasteiger partial charge in [0, 0.05) is 17.8 Å². The Labute approximate surface area is 119 Å². The Morgan fingerprint density at radius 2 is 1.79 bits per heavy atom. The molecule has 0 aliphatic carbocycles. The first-order valence-corrected chi connectivity index (χ1v) is 8.27. The zero-order valence-electron chi connectivity index (χ0n) is 11.2. The van der Waals surface area contributed by atoms with Crippen molar-refractivity contribution in [3.8, 4) is 0 Å². The van der Waals surface area contributed by atoms with Crippen molar-refractivity contribution in [2.75, 3.05) is 17.5 Å². The Bertz CT molecular complexity index is 550. The van der Waals surface area contributed by atoms with E-state index in [9.17, 15) is 13.2 Å². The van der Waals surface area contributed by atoms with E-state index in [4.69, 9.17) is 11.6 Å². The monoisotopic (exact) mass is 303 g/mol. The minimum Gasteiger partial charge on any atom is -0.325 e. The van der Waals surface area contributed by atoms with Gasteiger partial charge in [-0.05, 0) is 38.0 Å². The molecule has 0 saturated heterocycles. The maximum Gasteiger partial charge on any atom is 0.245 e. The summed E-state index contributed by atoms with van der Waals surface area (Å²) in [5, 5.41) is 2.61. The van der Waals surface area contributed by atoms with E-state index in [0.29, 0.717) is 11.6 Å². The Morgan fingerprint density at radius 1 is 1.26 bits per heavy atom. The molecule has 6 heteroatoms. The highest BCUT2D eigenvalue weighted by Crippen LogP contribution is 2.19. The van der Waals surface area contributed by atoms with Gasteiger partial charge in [0.2, 0.25) is 5.91 Å². The first kappa shape index (κ1) is 16.0. The molecule has 1 aromatic rings. The van der Waals surface area contributed by atoms with E-state index in [-0.39, 0.29) is 0 Å². The third-order valence-corrected chi connectivity index (χ3v) is 5.30. The third-order valence-electron chi connectivity index (χ3n) is 3.07. The van der Waals surface area contributed by atoms with Gasteiger partial charge in [-0.3, -0.25) is 4.79 Å². The summed E-state index contributed by atoms with van der Waals surface area (Å²) in [5.41, 5.74) is 1.63. The molecule has 0 aromatic heterocycles. The highest BCUT2D eigenvalue weighted by atomic mass is 35.5. The smallest absolute Gasteiger partial charge is 0.245 e. The molecule has 1 N–H and O–H groups in total.